The van der Waals surface area contributed by atoms with Crippen molar-refractivity contribution in [3.05, 3.63) is 35.5 Å². The minimum absolute atomic E-state index is 1.10. The Labute approximate surface area is 69.3 Å². The predicted molar refractivity (Wildman–Crippen MR) is 51.2 cm³/mol. The molecule has 0 atom stereocenters. The van der Waals surface area contributed by atoms with Crippen molar-refractivity contribution in [1.29, 1.82) is 0 Å². The first-order chi connectivity index (χ1) is 5.16. The van der Waals surface area contributed by atoms with Crippen LogP contribution in [0.2, 0.25) is 0 Å². The summed E-state index contributed by atoms with van der Waals surface area (Å²) in [5, 5.41) is 0. The van der Waals surface area contributed by atoms with Gasteiger partial charge in [-0.05, 0) is 32.4 Å². The van der Waals surface area contributed by atoms with Crippen LogP contribution in [0.4, 0.5) is 0 Å². The number of terminal acetylenes is 1. The van der Waals surface area contributed by atoms with Crippen molar-refractivity contribution in [2.75, 3.05) is 0 Å². The third-order valence-corrected chi connectivity index (χ3v) is 1.10. The molecular formula is C11H14. The molecule has 0 aromatic carbocycles. The molecule has 0 aromatic heterocycles. The average Bonchev–Trinajstić information content (AvgIpc) is 1.87. The lowest BCUT2D eigenvalue weighted by Gasteiger charge is -1.85. The zero-order valence-electron chi connectivity index (χ0n) is 7.39. The summed E-state index contributed by atoms with van der Waals surface area (Å²) in [6.07, 6.45) is 12.9. The Kier molecular flexibility index (Phi) is 4.94. The molecule has 0 rings (SSSR count). The zero-order valence-corrected chi connectivity index (χ0v) is 7.39. The van der Waals surface area contributed by atoms with Gasteiger partial charge in [0.05, 0.1) is 0 Å². The van der Waals surface area contributed by atoms with E-state index in [1.807, 2.05) is 25.2 Å². The fourth-order valence-electron chi connectivity index (χ4n) is 0.572. The molecule has 0 saturated heterocycles. The van der Waals surface area contributed by atoms with Crippen LogP contribution in [0.25, 0.3) is 0 Å². The van der Waals surface area contributed by atoms with Gasteiger partial charge in [0.25, 0.3) is 0 Å². The number of hydrogen-bond donors (Lipinski definition) is 0. The minimum Gasteiger partial charge on any atom is -0.115 e. The van der Waals surface area contributed by atoms with Gasteiger partial charge in [0, 0.05) is 0 Å². The monoisotopic (exact) mass is 146 g/mol. The van der Waals surface area contributed by atoms with Crippen molar-refractivity contribution in [2.24, 2.45) is 0 Å². The fourth-order valence-corrected chi connectivity index (χ4v) is 0.572. The van der Waals surface area contributed by atoms with Crippen LogP contribution >= 0.6 is 0 Å². The molecule has 0 unspecified atom stereocenters. The molecule has 0 aliphatic carbocycles. The number of allylic oxidation sites excluding steroid dienone is 6. The van der Waals surface area contributed by atoms with Gasteiger partial charge in [-0.3, -0.25) is 0 Å². The summed E-state index contributed by atoms with van der Waals surface area (Å²) in [7, 11) is 0. The Balaban J connectivity index is 4.07. The van der Waals surface area contributed by atoms with Crippen LogP contribution in [0.3, 0.4) is 0 Å². The van der Waals surface area contributed by atoms with Crippen molar-refractivity contribution in [3.63, 3.8) is 0 Å². The second-order valence-electron chi connectivity index (χ2n) is 2.66. The van der Waals surface area contributed by atoms with E-state index >= 15 is 0 Å². The molecule has 58 valence electrons. The van der Waals surface area contributed by atoms with Crippen molar-refractivity contribution < 1.29 is 0 Å². The van der Waals surface area contributed by atoms with Gasteiger partial charge >= 0.3 is 0 Å². The van der Waals surface area contributed by atoms with Crippen molar-refractivity contribution in [2.45, 2.75) is 20.8 Å². The Morgan fingerprint density at radius 2 is 1.91 bits per heavy atom. The highest BCUT2D eigenvalue weighted by atomic mass is 13.8. The van der Waals surface area contributed by atoms with E-state index < -0.39 is 0 Å². The summed E-state index contributed by atoms with van der Waals surface area (Å²) in [5.41, 5.74) is 2.39. The maximum atomic E-state index is 5.09. The summed E-state index contributed by atoms with van der Waals surface area (Å²) in [6.45, 7) is 6.10. The van der Waals surface area contributed by atoms with E-state index in [-0.39, 0.29) is 0 Å². The van der Waals surface area contributed by atoms with Gasteiger partial charge in [-0.15, -0.1) is 6.42 Å². The van der Waals surface area contributed by atoms with Gasteiger partial charge in [0.15, 0.2) is 0 Å². The molecule has 0 radical (unpaired) electrons. The maximum Gasteiger partial charge on any atom is -0.00923 e. The molecule has 0 bridgehead atoms. The minimum atomic E-state index is 1.10. The average molecular weight is 146 g/mol. The molecule has 0 aliphatic rings. The molecule has 0 aliphatic heterocycles. The van der Waals surface area contributed by atoms with Crippen molar-refractivity contribution in [1.82, 2.24) is 0 Å². The molecule has 0 heteroatoms. The van der Waals surface area contributed by atoms with Crippen LogP contribution in [0.5, 0.6) is 0 Å². The molecule has 0 heterocycles. The Bertz CT molecular complexity index is 227. The summed E-state index contributed by atoms with van der Waals surface area (Å²) in [6, 6.07) is 0. The van der Waals surface area contributed by atoms with Crippen molar-refractivity contribution >= 4 is 0 Å². The van der Waals surface area contributed by atoms with Crippen LogP contribution in [0.1, 0.15) is 20.8 Å². The molecule has 0 aromatic rings. The lowest BCUT2D eigenvalue weighted by atomic mass is 10.2. The SMILES string of the molecule is C#C/C=C(C)\C=C\C=C(C)C. The molecule has 0 saturated carbocycles. The van der Waals surface area contributed by atoms with Gasteiger partial charge in [0.1, 0.15) is 0 Å². The first kappa shape index (κ1) is 9.78. The summed E-state index contributed by atoms with van der Waals surface area (Å²) in [4.78, 5) is 0. The van der Waals surface area contributed by atoms with Gasteiger partial charge in [-0.1, -0.05) is 29.7 Å². The van der Waals surface area contributed by atoms with E-state index in [9.17, 15) is 0 Å². The van der Waals surface area contributed by atoms with E-state index in [4.69, 9.17) is 6.42 Å². The molecule has 11 heavy (non-hydrogen) atoms. The van der Waals surface area contributed by atoms with Crippen LogP contribution in [-0.2, 0) is 0 Å². The highest BCUT2D eigenvalue weighted by Gasteiger charge is 1.75. The summed E-state index contributed by atoms with van der Waals surface area (Å²) < 4.78 is 0. The predicted octanol–water partition coefficient (Wildman–Crippen LogP) is 3.09. The molecule has 0 amide bonds. The lowest BCUT2D eigenvalue weighted by Crippen LogP contribution is -1.65. The van der Waals surface area contributed by atoms with Crippen molar-refractivity contribution in [3.8, 4) is 12.3 Å². The standard InChI is InChI=1S/C11H14/c1-5-7-11(4)9-6-8-10(2)3/h1,6-9H,2-4H3/b9-6+,11-7-. The van der Waals surface area contributed by atoms with E-state index in [1.54, 1.807) is 6.08 Å². The van der Waals surface area contributed by atoms with Crippen LogP contribution in [0, 0.1) is 12.3 Å². The van der Waals surface area contributed by atoms with E-state index in [1.165, 1.54) is 5.57 Å². The Hall–Kier alpha value is -1.22. The molecule has 0 N–H and O–H groups in total. The molecular weight excluding hydrogens is 132 g/mol. The van der Waals surface area contributed by atoms with Gasteiger partial charge < -0.3 is 0 Å². The normalized spacial score (nSPS) is 11.3. The Morgan fingerprint density at radius 1 is 1.27 bits per heavy atom. The van der Waals surface area contributed by atoms with Crippen LogP contribution in [0.15, 0.2) is 35.5 Å². The van der Waals surface area contributed by atoms with E-state index in [0.29, 0.717) is 0 Å². The van der Waals surface area contributed by atoms with E-state index in [0.717, 1.165) is 5.57 Å². The third kappa shape index (κ3) is 6.67. The molecule has 0 spiro atoms. The highest BCUT2D eigenvalue weighted by Crippen LogP contribution is 1.95. The lowest BCUT2D eigenvalue weighted by molar-refractivity contribution is 1.39. The van der Waals surface area contributed by atoms with Gasteiger partial charge in [-0.2, -0.15) is 0 Å². The third-order valence-electron chi connectivity index (χ3n) is 1.10. The quantitative estimate of drug-likeness (QED) is 0.415. The number of rotatable bonds is 2. The van der Waals surface area contributed by atoms with E-state index in [2.05, 4.69) is 19.8 Å². The second kappa shape index (κ2) is 5.56. The molecule has 0 nitrogen and oxygen atoms in total. The fraction of sp³-hybridized carbons (Fsp3) is 0.273. The van der Waals surface area contributed by atoms with Crippen LogP contribution < -0.4 is 0 Å². The first-order valence-electron chi connectivity index (χ1n) is 3.61. The topological polar surface area (TPSA) is 0 Å². The summed E-state index contributed by atoms with van der Waals surface area (Å²) >= 11 is 0. The van der Waals surface area contributed by atoms with Gasteiger partial charge in [-0.25, -0.2) is 0 Å². The van der Waals surface area contributed by atoms with Crippen LogP contribution in [-0.4, -0.2) is 0 Å². The summed E-state index contributed by atoms with van der Waals surface area (Å²) in [5.74, 6) is 2.47. The Morgan fingerprint density at radius 3 is 2.36 bits per heavy atom. The second-order valence-corrected chi connectivity index (χ2v) is 2.66. The van der Waals surface area contributed by atoms with Gasteiger partial charge in [0.2, 0.25) is 0 Å². The largest absolute Gasteiger partial charge is 0.115 e. The number of hydrogen-bond acceptors (Lipinski definition) is 0. The highest BCUT2D eigenvalue weighted by molar-refractivity contribution is 5.27. The molecule has 0 fully saturated rings. The maximum absolute atomic E-state index is 5.09. The first-order valence-corrected chi connectivity index (χ1v) is 3.61. The smallest absolute Gasteiger partial charge is 0.00923 e. The zero-order chi connectivity index (χ0) is 8.69.